The average Bonchev–Trinajstić information content (AvgIpc) is 3.25. The summed E-state index contributed by atoms with van der Waals surface area (Å²) in [5.41, 5.74) is 2.30. The van der Waals surface area contributed by atoms with Crippen LogP contribution in [-0.2, 0) is 5.54 Å². The molecule has 0 unspecified atom stereocenters. The molecule has 0 aliphatic heterocycles. The maximum Gasteiger partial charge on any atom is 0.268 e. The van der Waals surface area contributed by atoms with Gasteiger partial charge in [0.1, 0.15) is 11.4 Å². The van der Waals surface area contributed by atoms with E-state index in [0.717, 1.165) is 35.1 Å². The number of nitrogens with one attached hydrogen (secondary N) is 2. The number of halogens is 1. The van der Waals surface area contributed by atoms with E-state index in [1.54, 1.807) is 0 Å². The molecule has 1 saturated carbocycles. The van der Waals surface area contributed by atoms with Gasteiger partial charge in [-0.25, -0.2) is 0 Å². The van der Waals surface area contributed by atoms with E-state index in [1.807, 2.05) is 55.5 Å². The second kappa shape index (κ2) is 6.12. The lowest BCUT2D eigenvalue weighted by Crippen LogP contribution is -2.35. The monoisotopic (exact) mass is 354 g/mol. The molecule has 1 aliphatic rings. The van der Waals surface area contributed by atoms with Crippen LogP contribution in [-0.4, -0.2) is 17.5 Å². The summed E-state index contributed by atoms with van der Waals surface area (Å²) in [7, 11) is 0. The van der Waals surface area contributed by atoms with Gasteiger partial charge in [-0.2, -0.15) is 0 Å². The average molecular weight is 355 g/mol. The molecule has 1 amide bonds. The van der Waals surface area contributed by atoms with Crippen LogP contribution >= 0.6 is 11.6 Å². The molecule has 1 aromatic heterocycles. The van der Waals surface area contributed by atoms with Gasteiger partial charge in [0, 0.05) is 15.9 Å². The van der Waals surface area contributed by atoms with E-state index in [-0.39, 0.29) is 11.4 Å². The topological polar surface area (TPSA) is 54.1 Å². The van der Waals surface area contributed by atoms with Crippen molar-refractivity contribution in [3.05, 3.63) is 64.8 Å². The van der Waals surface area contributed by atoms with Crippen molar-refractivity contribution in [1.82, 2.24) is 10.3 Å². The predicted octanol–water partition coefficient (Wildman–Crippen LogP) is 4.64. The minimum Gasteiger partial charge on any atom is -0.494 e. The molecule has 4 rings (SSSR count). The zero-order valence-corrected chi connectivity index (χ0v) is 14.7. The van der Waals surface area contributed by atoms with Gasteiger partial charge in [-0.15, -0.1) is 0 Å². The molecule has 0 saturated heterocycles. The highest BCUT2D eigenvalue weighted by Crippen LogP contribution is 2.46. The normalized spacial score (nSPS) is 15.1. The van der Waals surface area contributed by atoms with Crippen molar-refractivity contribution in [1.29, 1.82) is 0 Å². The lowest BCUT2D eigenvalue weighted by atomic mass is 10.0. The number of ether oxygens (including phenoxy) is 1. The third-order valence-electron chi connectivity index (χ3n) is 4.65. The van der Waals surface area contributed by atoms with Crippen LogP contribution < -0.4 is 10.1 Å². The number of aromatic nitrogens is 1. The fourth-order valence-electron chi connectivity index (χ4n) is 3.16. The summed E-state index contributed by atoms with van der Waals surface area (Å²) in [6.45, 7) is 2.61. The molecule has 2 aromatic carbocycles. The van der Waals surface area contributed by atoms with Crippen molar-refractivity contribution in [3.63, 3.8) is 0 Å². The number of carbonyl (C=O) groups is 1. The van der Waals surface area contributed by atoms with Crippen molar-refractivity contribution in [2.75, 3.05) is 6.61 Å². The lowest BCUT2D eigenvalue weighted by Gasteiger charge is -2.18. The molecular weight excluding hydrogens is 336 g/mol. The van der Waals surface area contributed by atoms with E-state index in [9.17, 15) is 4.79 Å². The van der Waals surface area contributed by atoms with Crippen LogP contribution in [0.1, 0.15) is 35.8 Å². The summed E-state index contributed by atoms with van der Waals surface area (Å²) in [5.74, 6) is 0.750. The highest BCUT2D eigenvalue weighted by atomic mass is 35.5. The van der Waals surface area contributed by atoms with Gasteiger partial charge in [0.2, 0.25) is 0 Å². The van der Waals surface area contributed by atoms with E-state index >= 15 is 0 Å². The second-order valence-electron chi connectivity index (χ2n) is 6.41. The number of benzene rings is 2. The van der Waals surface area contributed by atoms with Gasteiger partial charge in [-0.05, 0) is 61.7 Å². The second-order valence-corrected chi connectivity index (χ2v) is 6.84. The van der Waals surface area contributed by atoms with Crippen molar-refractivity contribution in [2.45, 2.75) is 25.3 Å². The van der Waals surface area contributed by atoms with Crippen LogP contribution in [0.4, 0.5) is 0 Å². The fraction of sp³-hybridized carbons (Fsp3) is 0.250. The molecule has 1 fully saturated rings. The molecule has 4 nitrogen and oxygen atoms in total. The standard InChI is InChI=1S/C20H19ClN2O2/c1-2-25-16-6-3-14(4-7-16)20(9-10-20)23-19(24)18-12-13-11-15(21)5-8-17(13)22-18/h3-8,11-12,22H,2,9-10H2,1H3,(H,23,24). The van der Waals surface area contributed by atoms with Crippen molar-refractivity contribution < 1.29 is 9.53 Å². The van der Waals surface area contributed by atoms with Crippen LogP contribution in [0.3, 0.4) is 0 Å². The SMILES string of the molecule is CCOc1ccc(C2(NC(=O)c3cc4cc(Cl)ccc4[nH]3)CC2)cc1. The number of hydrogen-bond acceptors (Lipinski definition) is 2. The van der Waals surface area contributed by atoms with Gasteiger partial charge in [0.25, 0.3) is 5.91 Å². The molecule has 1 aliphatic carbocycles. The van der Waals surface area contributed by atoms with Crippen LogP contribution in [0.25, 0.3) is 10.9 Å². The van der Waals surface area contributed by atoms with Gasteiger partial charge >= 0.3 is 0 Å². The number of aromatic amines is 1. The van der Waals surface area contributed by atoms with E-state index < -0.39 is 0 Å². The van der Waals surface area contributed by atoms with Gasteiger partial charge in [0.05, 0.1) is 12.1 Å². The molecule has 0 bridgehead atoms. The number of H-pyrrole nitrogens is 1. The molecule has 2 N–H and O–H groups in total. The van der Waals surface area contributed by atoms with Crippen molar-refractivity contribution >= 4 is 28.4 Å². The summed E-state index contributed by atoms with van der Waals surface area (Å²) in [4.78, 5) is 15.9. The minimum absolute atomic E-state index is 0.0984. The number of carbonyl (C=O) groups excluding carboxylic acids is 1. The van der Waals surface area contributed by atoms with Crippen molar-refractivity contribution in [3.8, 4) is 5.75 Å². The quantitative estimate of drug-likeness (QED) is 0.701. The third-order valence-corrected chi connectivity index (χ3v) is 4.88. The summed E-state index contributed by atoms with van der Waals surface area (Å²) < 4.78 is 5.48. The molecule has 0 atom stereocenters. The summed E-state index contributed by atoms with van der Waals surface area (Å²) in [6.07, 6.45) is 1.89. The Morgan fingerprint density at radius 1 is 1.20 bits per heavy atom. The van der Waals surface area contributed by atoms with Gasteiger partial charge < -0.3 is 15.0 Å². The Morgan fingerprint density at radius 2 is 1.96 bits per heavy atom. The van der Waals surface area contributed by atoms with Gasteiger partial charge in [0.15, 0.2) is 0 Å². The van der Waals surface area contributed by atoms with Crippen LogP contribution in [0.5, 0.6) is 5.75 Å². The van der Waals surface area contributed by atoms with Gasteiger partial charge in [-0.1, -0.05) is 23.7 Å². The zero-order chi connectivity index (χ0) is 17.4. The predicted molar refractivity (Wildman–Crippen MR) is 99.3 cm³/mol. The van der Waals surface area contributed by atoms with Crippen LogP contribution in [0, 0.1) is 0 Å². The Hall–Kier alpha value is -2.46. The Morgan fingerprint density at radius 3 is 2.64 bits per heavy atom. The Kier molecular flexibility index (Phi) is 3.92. The Labute approximate surface area is 151 Å². The summed E-state index contributed by atoms with van der Waals surface area (Å²) >= 11 is 6.01. The lowest BCUT2D eigenvalue weighted by molar-refractivity contribution is 0.0926. The molecule has 0 spiro atoms. The Balaban J connectivity index is 1.54. The first-order valence-electron chi connectivity index (χ1n) is 8.44. The van der Waals surface area contributed by atoms with Gasteiger partial charge in [-0.3, -0.25) is 4.79 Å². The first kappa shape index (κ1) is 16.0. The maximum atomic E-state index is 12.7. The smallest absolute Gasteiger partial charge is 0.268 e. The molecule has 1 heterocycles. The van der Waals surface area contributed by atoms with E-state index in [2.05, 4.69) is 10.3 Å². The highest BCUT2D eigenvalue weighted by Gasteiger charge is 2.45. The molecular formula is C20H19ClN2O2. The maximum absolute atomic E-state index is 12.7. The van der Waals surface area contributed by atoms with Crippen LogP contribution in [0.15, 0.2) is 48.5 Å². The van der Waals surface area contributed by atoms with Crippen molar-refractivity contribution in [2.24, 2.45) is 0 Å². The largest absolute Gasteiger partial charge is 0.494 e. The summed E-state index contributed by atoms with van der Waals surface area (Å²) in [5, 5.41) is 4.78. The number of fused-ring (bicyclic) bond motifs is 1. The third kappa shape index (κ3) is 3.10. The zero-order valence-electron chi connectivity index (χ0n) is 13.9. The van der Waals surface area contributed by atoms with E-state index in [0.29, 0.717) is 17.3 Å². The van der Waals surface area contributed by atoms with E-state index in [4.69, 9.17) is 16.3 Å². The fourth-order valence-corrected chi connectivity index (χ4v) is 3.34. The van der Waals surface area contributed by atoms with Crippen LogP contribution in [0.2, 0.25) is 5.02 Å². The highest BCUT2D eigenvalue weighted by molar-refractivity contribution is 6.31. The number of rotatable bonds is 5. The molecule has 25 heavy (non-hydrogen) atoms. The van der Waals surface area contributed by atoms with E-state index in [1.165, 1.54) is 0 Å². The number of amides is 1. The molecule has 5 heteroatoms. The number of hydrogen-bond donors (Lipinski definition) is 2. The first-order chi connectivity index (χ1) is 12.1. The molecule has 3 aromatic rings. The first-order valence-corrected chi connectivity index (χ1v) is 8.81. The minimum atomic E-state index is -0.267. The summed E-state index contributed by atoms with van der Waals surface area (Å²) in [6, 6.07) is 15.4. The molecule has 128 valence electrons. The Bertz CT molecular complexity index is 927. The molecule has 0 radical (unpaired) electrons.